The molecule has 3 N–H and O–H groups in total. The van der Waals surface area contributed by atoms with Crippen molar-refractivity contribution in [2.24, 2.45) is 0 Å². The Morgan fingerprint density at radius 3 is 2.40 bits per heavy atom. The first-order valence-corrected chi connectivity index (χ1v) is 12.3. The van der Waals surface area contributed by atoms with Crippen LogP contribution >= 0.6 is 27.7 Å². The van der Waals surface area contributed by atoms with Crippen LogP contribution < -0.4 is 10.0 Å². The molecule has 7 nitrogen and oxygen atoms in total. The predicted molar refractivity (Wildman–Crippen MR) is 123 cm³/mol. The number of aromatic nitrogens is 2. The summed E-state index contributed by atoms with van der Waals surface area (Å²) in [7, 11) is -3.81. The Bertz CT molecular complexity index is 1080. The number of hydrogen-bond acceptors (Lipinski definition) is 7. The minimum atomic E-state index is -3.81. The van der Waals surface area contributed by atoms with E-state index in [9.17, 15) is 13.5 Å². The summed E-state index contributed by atoms with van der Waals surface area (Å²) >= 11 is 4.69. The molecule has 158 valence electrons. The van der Waals surface area contributed by atoms with Gasteiger partial charge in [0.1, 0.15) is 11.6 Å². The lowest BCUT2D eigenvalue weighted by atomic mass is 10.2. The van der Waals surface area contributed by atoms with Crippen LogP contribution in [0.2, 0.25) is 0 Å². The van der Waals surface area contributed by atoms with E-state index in [-0.39, 0.29) is 23.4 Å². The zero-order chi connectivity index (χ0) is 21.6. The standard InChI is InChI=1S/C20H21BrN4O3S2/c1-14(12-26)22-18-11-19(25-30(27,28)17-9-7-16(21)8-10-17)24-20(23-18)29-13-15-5-3-2-4-6-15/h2-11,14,26H,12-13H2,1H3,(H2,22,23,24,25)/t14-/m1/s1. The molecule has 0 aliphatic carbocycles. The second-order valence-electron chi connectivity index (χ2n) is 6.48. The van der Waals surface area contributed by atoms with Crippen molar-refractivity contribution in [1.82, 2.24) is 9.97 Å². The summed E-state index contributed by atoms with van der Waals surface area (Å²) in [6.45, 7) is 1.71. The molecule has 3 rings (SSSR count). The van der Waals surface area contributed by atoms with Crippen molar-refractivity contribution in [3.05, 3.63) is 70.7 Å². The molecule has 0 amide bonds. The lowest BCUT2D eigenvalue weighted by Crippen LogP contribution is -2.21. The third-order valence-corrected chi connectivity index (χ3v) is 6.77. The minimum Gasteiger partial charge on any atom is -0.394 e. The maximum Gasteiger partial charge on any atom is 0.263 e. The number of aliphatic hydroxyl groups excluding tert-OH is 1. The Balaban J connectivity index is 1.86. The topological polar surface area (TPSA) is 104 Å². The van der Waals surface area contributed by atoms with E-state index >= 15 is 0 Å². The van der Waals surface area contributed by atoms with Crippen LogP contribution in [0, 0.1) is 0 Å². The Kier molecular flexibility index (Phi) is 7.70. The Morgan fingerprint density at radius 2 is 1.73 bits per heavy atom. The quantitative estimate of drug-likeness (QED) is 0.294. The van der Waals surface area contributed by atoms with Crippen LogP contribution in [-0.4, -0.2) is 36.1 Å². The highest BCUT2D eigenvalue weighted by Gasteiger charge is 2.17. The molecule has 0 radical (unpaired) electrons. The van der Waals surface area contributed by atoms with E-state index < -0.39 is 10.0 Å². The normalized spacial score (nSPS) is 12.4. The molecule has 1 aromatic heterocycles. The van der Waals surface area contributed by atoms with E-state index in [0.29, 0.717) is 16.7 Å². The van der Waals surface area contributed by atoms with Crippen LogP contribution in [0.25, 0.3) is 0 Å². The highest BCUT2D eigenvalue weighted by molar-refractivity contribution is 9.10. The summed E-state index contributed by atoms with van der Waals surface area (Å²) in [5, 5.41) is 12.8. The molecular weight excluding hydrogens is 488 g/mol. The highest BCUT2D eigenvalue weighted by Crippen LogP contribution is 2.25. The van der Waals surface area contributed by atoms with E-state index in [4.69, 9.17) is 0 Å². The monoisotopic (exact) mass is 508 g/mol. The summed E-state index contributed by atoms with van der Waals surface area (Å²) in [4.78, 5) is 8.92. The van der Waals surface area contributed by atoms with Crippen molar-refractivity contribution in [1.29, 1.82) is 0 Å². The van der Waals surface area contributed by atoms with Crippen LogP contribution in [0.3, 0.4) is 0 Å². The lowest BCUT2D eigenvalue weighted by molar-refractivity contribution is 0.281. The summed E-state index contributed by atoms with van der Waals surface area (Å²) < 4.78 is 28.8. The average molecular weight is 509 g/mol. The first kappa shape index (κ1) is 22.5. The van der Waals surface area contributed by atoms with Gasteiger partial charge < -0.3 is 10.4 Å². The number of anilines is 2. The zero-order valence-electron chi connectivity index (χ0n) is 16.1. The van der Waals surface area contributed by atoms with Gasteiger partial charge in [-0.25, -0.2) is 18.4 Å². The number of hydrogen-bond donors (Lipinski definition) is 3. The minimum absolute atomic E-state index is 0.0869. The van der Waals surface area contributed by atoms with E-state index in [0.717, 1.165) is 10.0 Å². The maximum atomic E-state index is 12.7. The van der Waals surface area contributed by atoms with Gasteiger partial charge in [-0.05, 0) is 36.8 Å². The number of benzene rings is 2. The number of thioether (sulfide) groups is 1. The third kappa shape index (κ3) is 6.43. The molecule has 1 atom stereocenters. The molecule has 0 aliphatic heterocycles. The van der Waals surface area contributed by atoms with Gasteiger partial charge in [-0.3, -0.25) is 4.72 Å². The number of halogens is 1. The molecule has 0 saturated carbocycles. The van der Waals surface area contributed by atoms with Gasteiger partial charge >= 0.3 is 0 Å². The largest absolute Gasteiger partial charge is 0.394 e. The van der Waals surface area contributed by atoms with Crippen molar-refractivity contribution < 1.29 is 13.5 Å². The lowest BCUT2D eigenvalue weighted by Gasteiger charge is -2.14. The van der Waals surface area contributed by atoms with Crippen LogP contribution in [0.1, 0.15) is 12.5 Å². The molecule has 0 bridgehead atoms. The Labute approximate surface area is 188 Å². The summed E-state index contributed by atoms with van der Waals surface area (Å²) in [6.07, 6.45) is 0. The second kappa shape index (κ2) is 10.3. The molecule has 0 aliphatic rings. The van der Waals surface area contributed by atoms with Gasteiger partial charge in [0.25, 0.3) is 10.0 Å². The third-order valence-electron chi connectivity index (χ3n) is 3.95. The van der Waals surface area contributed by atoms with Crippen LogP contribution in [0.4, 0.5) is 11.6 Å². The average Bonchev–Trinajstić information content (AvgIpc) is 2.73. The SMILES string of the molecule is C[C@H](CO)Nc1cc(NS(=O)(=O)c2ccc(Br)cc2)nc(SCc2ccccc2)n1. The molecular formula is C20H21BrN4O3S2. The molecule has 10 heteroatoms. The Hall–Kier alpha value is -2.14. The predicted octanol–water partition coefficient (Wildman–Crippen LogP) is 4.12. The number of nitrogens with one attached hydrogen (secondary N) is 2. The van der Waals surface area contributed by atoms with Gasteiger partial charge in [0.05, 0.1) is 11.5 Å². The Morgan fingerprint density at radius 1 is 1.07 bits per heavy atom. The molecule has 0 unspecified atom stereocenters. The number of nitrogens with zero attached hydrogens (tertiary/aromatic N) is 2. The van der Waals surface area contributed by atoms with Gasteiger partial charge in [0, 0.05) is 22.3 Å². The van der Waals surface area contributed by atoms with Crippen molar-refractivity contribution in [3.8, 4) is 0 Å². The number of rotatable bonds is 9. The molecule has 3 aromatic rings. The van der Waals surface area contributed by atoms with E-state index in [1.807, 2.05) is 30.3 Å². The van der Waals surface area contributed by atoms with Crippen molar-refractivity contribution in [2.45, 2.75) is 28.8 Å². The molecule has 0 spiro atoms. The fourth-order valence-corrected chi connectivity index (χ4v) is 4.52. The molecule has 30 heavy (non-hydrogen) atoms. The highest BCUT2D eigenvalue weighted by atomic mass is 79.9. The number of sulfonamides is 1. The fraction of sp³-hybridized carbons (Fsp3) is 0.200. The van der Waals surface area contributed by atoms with Crippen molar-refractivity contribution >= 4 is 49.4 Å². The maximum absolute atomic E-state index is 12.7. The first-order chi connectivity index (χ1) is 14.4. The molecule has 2 aromatic carbocycles. The first-order valence-electron chi connectivity index (χ1n) is 9.07. The van der Waals surface area contributed by atoms with E-state index in [1.54, 1.807) is 19.1 Å². The van der Waals surface area contributed by atoms with Gasteiger partial charge in [0.15, 0.2) is 5.16 Å². The van der Waals surface area contributed by atoms with E-state index in [1.165, 1.54) is 30.0 Å². The van der Waals surface area contributed by atoms with Gasteiger partial charge in [-0.2, -0.15) is 0 Å². The molecule has 0 fully saturated rings. The van der Waals surface area contributed by atoms with Gasteiger partial charge in [-0.15, -0.1) is 0 Å². The van der Waals surface area contributed by atoms with Crippen LogP contribution in [-0.2, 0) is 15.8 Å². The fourth-order valence-electron chi connectivity index (χ4n) is 2.45. The van der Waals surface area contributed by atoms with Crippen LogP contribution in [0.15, 0.2) is 75.2 Å². The summed E-state index contributed by atoms with van der Waals surface area (Å²) in [5.74, 6) is 1.21. The second-order valence-corrected chi connectivity index (χ2v) is 10.0. The van der Waals surface area contributed by atoms with Crippen LogP contribution in [0.5, 0.6) is 0 Å². The number of aliphatic hydroxyl groups is 1. The zero-order valence-corrected chi connectivity index (χ0v) is 19.3. The smallest absolute Gasteiger partial charge is 0.263 e. The van der Waals surface area contributed by atoms with E-state index in [2.05, 4.69) is 35.9 Å². The van der Waals surface area contributed by atoms with Gasteiger partial charge in [0.2, 0.25) is 0 Å². The molecule has 1 heterocycles. The summed E-state index contributed by atoms with van der Waals surface area (Å²) in [5.41, 5.74) is 1.10. The van der Waals surface area contributed by atoms with Crippen molar-refractivity contribution in [2.75, 3.05) is 16.6 Å². The van der Waals surface area contributed by atoms with Crippen molar-refractivity contribution in [3.63, 3.8) is 0 Å². The molecule has 0 saturated heterocycles. The van der Waals surface area contributed by atoms with Gasteiger partial charge in [-0.1, -0.05) is 58.0 Å². The summed E-state index contributed by atoms with van der Waals surface area (Å²) in [6, 6.07) is 17.4.